The molecule has 4 rings (SSSR count). The van der Waals surface area contributed by atoms with E-state index in [9.17, 15) is 4.79 Å². The molecule has 2 aromatic rings. The van der Waals surface area contributed by atoms with Gasteiger partial charge in [-0.1, -0.05) is 24.3 Å². The van der Waals surface area contributed by atoms with Crippen LogP contribution in [0.2, 0.25) is 0 Å². The number of aromatic nitrogens is 2. The molecule has 2 aliphatic rings. The van der Waals surface area contributed by atoms with Crippen LogP contribution in [-0.2, 0) is 7.05 Å². The van der Waals surface area contributed by atoms with Gasteiger partial charge in [-0.05, 0) is 50.3 Å². The maximum absolute atomic E-state index is 13.2. The van der Waals surface area contributed by atoms with Crippen LogP contribution in [0.4, 0.5) is 0 Å². The number of ether oxygens (including phenoxy) is 2. The molecule has 1 amide bonds. The molecule has 0 fully saturated rings. The van der Waals surface area contributed by atoms with E-state index in [0.29, 0.717) is 31.3 Å². The third-order valence-electron chi connectivity index (χ3n) is 5.47. The van der Waals surface area contributed by atoms with Gasteiger partial charge in [0.1, 0.15) is 6.61 Å². The smallest absolute Gasteiger partial charge is 0.274 e. The van der Waals surface area contributed by atoms with E-state index in [1.54, 1.807) is 4.68 Å². The van der Waals surface area contributed by atoms with Crippen LogP contribution in [0.3, 0.4) is 0 Å². The molecule has 1 aliphatic heterocycles. The Hall–Kier alpha value is -2.76. The van der Waals surface area contributed by atoms with Crippen LogP contribution >= 0.6 is 0 Å². The topological polar surface area (TPSA) is 56.6 Å². The molecular formula is C22H27N3O3. The lowest BCUT2D eigenvalue weighted by atomic mass is 9.93. The fourth-order valence-corrected chi connectivity index (χ4v) is 3.80. The number of nitrogens with zero attached hydrogens (tertiary/aromatic N) is 3. The molecule has 0 saturated carbocycles. The van der Waals surface area contributed by atoms with Gasteiger partial charge in [0, 0.05) is 19.3 Å². The molecule has 0 radical (unpaired) electrons. The lowest BCUT2D eigenvalue weighted by Crippen LogP contribution is -2.45. The Morgan fingerprint density at radius 1 is 1.25 bits per heavy atom. The standard InChI is InChI=1S/C22H27N3O3/c1-16-12-19(23-24(16)2)22(26)25(13-17-8-4-3-5-9-17)14-18-15-27-20-10-6-7-11-21(20)28-18/h3-4,6-7,10-12,17-18H,5,8-9,13-15H2,1-2H3/t17-,18+/m0/s1. The molecule has 6 nitrogen and oxygen atoms in total. The predicted molar refractivity (Wildman–Crippen MR) is 107 cm³/mol. The van der Waals surface area contributed by atoms with Crippen LogP contribution in [0.15, 0.2) is 42.5 Å². The third-order valence-corrected chi connectivity index (χ3v) is 5.47. The highest BCUT2D eigenvalue weighted by Crippen LogP contribution is 2.31. The summed E-state index contributed by atoms with van der Waals surface area (Å²) in [5.41, 5.74) is 1.46. The fourth-order valence-electron chi connectivity index (χ4n) is 3.80. The van der Waals surface area contributed by atoms with Crippen LogP contribution in [0, 0.1) is 12.8 Å². The van der Waals surface area contributed by atoms with Crippen molar-refractivity contribution < 1.29 is 14.3 Å². The van der Waals surface area contributed by atoms with Crippen molar-refractivity contribution in [3.63, 3.8) is 0 Å². The van der Waals surface area contributed by atoms with Crippen LogP contribution < -0.4 is 9.47 Å². The molecule has 0 spiro atoms. The molecule has 1 aliphatic carbocycles. The van der Waals surface area contributed by atoms with Gasteiger partial charge in [0.25, 0.3) is 5.91 Å². The molecule has 28 heavy (non-hydrogen) atoms. The highest BCUT2D eigenvalue weighted by Gasteiger charge is 2.29. The molecule has 0 bridgehead atoms. The van der Waals surface area contributed by atoms with Crippen molar-refractivity contribution in [1.82, 2.24) is 14.7 Å². The normalized spacial score (nSPS) is 20.8. The Bertz CT molecular complexity index is 854. The van der Waals surface area contributed by atoms with Crippen LogP contribution in [0.5, 0.6) is 11.5 Å². The third kappa shape index (κ3) is 4.06. The highest BCUT2D eigenvalue weighted by molar-refractivity contribution is 5.92. The molecule has 6 heteroatoms. The first-order chi connectivity index (χ1) is 13.6. The Morgan fingerprint density at radius 3 is 2.79 bits per heavy atom. The second-order valence-electron chi connectivity index (χ2n) is 7.65. The Balaban J connectivity index is 1.51. The minimum atomic E-state index is -0.192. The summed E-state index contributed by atoms with van der Waals surface area (Å²) in [5, 5.41) is 4.39. The van der Waals surface area contributed by atoms with E-state index in [0.717, 1.165) is 36.5 Å². The summed E-state index contributed by atoms with van der Waals surface area (Å²) in [7, 11) is 1.86. The van der Waals surface area contributed by atoms with Crippen molar-refractivity contribution in [3.05, 3.63) is 53.9 Å². The molecule has 148 valence electrons. The van der Waals surface area contributed by atoms with Crippen LogP contribution in [0.25, 0.3) is 0 Å². The summed E-state index contributed by atoms with van der Waals surface area (Å²) in [5.74, 6) is 1.92. The quantitative estimate of drug-likeness (QED) is 0.745. The van der Waals surface area contributed by atoms with Crippen molar-refractivity contribution >= 4 is 5.91 Å². The summed E-state index contributed by atoms with van der Waals surface area (Å²) in [6, 6.07) is 9.52. The second-order valence-corrected chi connectivity index (χ2v) is 7.65. The molecule has 2 atom stereocenters. The lowest BCUT2D eigenvalue weighted by Gasteiger charge is -2.33. The molecular weight excluding hydrogens is 354 g/mol. The molecule has 1 aromatic heterocycles. The van der Waals surface area contributed by atoms with E-state index >= 15 is 0 Å². The number of hydrogen-bond donors (Lipinski definition) is 0. The summed E-state index contributed by atoms with van der Waals surface area (Å²) in [6.45, 7) is 3.59. The number of hydrogen-bond acceptors (Lipinski definition) is 4. The summed E-state index contributed by atoms with van der Waals surface area (Å²) >= 11 is 0. The largest absolute Gasteiger partial charge is 0.486 e. The zero-order valence-corrected chi connectivity index (χ0v) is 16.5. The van der Waals surface area contributed by atoms with Crippen molar-refractivity contribution in [2.75, 3.05) is 19.7 Å². The van der Waals surface area contributed by atoms with E-state index in [1.165, 1.54) is 0 Å². The first kappa shape index (κ1) is 18.6. The number of fused-ring (bicyclic) bond motifs is 1. The van der Waals surface area contributed by atoms with Gasteiger partial charge in [0.15, 0.2) is 23.3 Å². The summed E-state index contributed by atoms with van der Waals surface area (Å²) < 4.78 is 13.7. The average molecular weight is 381 g/mol. The van der Waals surface area contributed by atoms with Gasteiger partial charge in [-0.3, -0.25) is 9.48 Å². The molecule has 0 saturated heterocycles. The molecule has 1 aromatic carbocycles. The summed E-state index contributed by atoms with van der Waals surface area (Å²) in [4.78, 5) is 15.1. The van der Waals surface area contributed by atoms with E-state index < -0.39 is 0 Å². The number of aryl methyl sites for hydroxylation is 2. The molecule has 0 unspecified atom stereocenters. The Kier molecular flexibility index (Phi) is 5.37. The van der Waals surface area contributed by atoms with E-state index in [2.05, 4.69) is 17.3 Å². The second kappa shape index (κ2) is 8.09. The number of carbonyl (C=O) groups excluding carboxylic acids is 1. The fraction of sp³-hybridized carbons (Fsp3) is 0.455. The Labute approximate surface area is 165 Å². The number of carbonyl (C=O) groups is 1. The van der Waals surface area contributed by atoms with Gasteiger partial charge in [-0.25, -0.2) is 0 Å². The van der Waals surface area contributed by atoms with E-state index in [-0.39, 0.29) is 12.0 Å². The van der Waals surface area contributed by atoms with Crippen LogP contribution in [-0.4, -0.2) is 46.4 Å². The van der Waals surface area contributed by atoms with Gasteiger partial charge in [-0.2, -0.15) is 5.10 Å². The lowest BCUT2D eigenvalue weighted by molar-refractivity contribution is 0.0418. The first-order valence-corrected chi connectivity index (χ1v) is 9.93. The van der Waals surface area contributed by atoms with Gasteiger partial charge in [-0.15, -0.1) is 0 Å². The molecule has 2 heterocycles. The minimum absolute atomic E-state index is 0.0410. The Morgan fingerprint density at radius 2 is 2.07 bits per heavy atom. The van der Waals surface area contributed by atoms with Crippen molar-refractivity contribution in [1.29, 1.82) is 0 Å². The number of rotatable bonds is 5. The zero-order valence-electron chi connectivity index (χ0n) is 16.5. The van der Waals surface area contributed by atoms with Crippen molar-refractivity contribution in [2.24, 2.45) is 13.0 Å². The number of benzene rings is 1. The number of para-hydroxylation sites is 2. The average Bonchev–Trinajstić information content (AvgIpc) is 3.06. The van der Waals surface area contributed by atoms with Crippen LogP contribution in [0.1, 0.15) is 35.4 Å². The summed E-state index contributed by atoms with van der Waals surface area (Å²) in [6.07, 6.45) is 7.44. The zero-order chi connectivity index (χ0) is 19.5. The SMILES string of the molecule is Cc1cc(C(=O)N(C[C@H]2CC=CCC2)C[C@@H]2COc3ccccc3O2)nn1C. The monoisotopic (exact) mass is 381 g/mol. The van der Waals surface area contributed by atoms with Gasteiger partial charge in [0.05, 0.1) is 6.54 Å². The molecule has 0 N–H and O–H groups in total. The van der Waals surface area contributed by atoms with E-state index in [4.69, 9.17) is 9.47 Å². The number of amides is 1. The van der Waals surface area contributed by atoms with Crippen molar-refractivity contribution in [2.45, 2.75) is 32.3 Å². The number of allylic oxidation sites excluding steroid dienone is 2. The van der Waals surface area contributed by atoms with Gasteiger partial charge < -0.3 is 14.4 Å². The maximum Gasteiger partial charge on any atom is 0.274 e. The van der Waals surface area contributed by atoms with E-state index in [1.807, 2.05) is 49.2 Å². The van der Waals surface area contributed by atoms with Gasteiger partial charge >= 0.3 is 0 Å². The first-order valence-electron chi connectivity index (χ1n) is 9.93. The highest BCUT2D eigenvalue weighted by atomic mass is 16.6. The predicted octanol–water partition coefficient (Wildman–Crippen LogP) is 3.37. The van der Waals surface area contributed by atoms with Gasteiger partial charge in [0.2, 0.25) is 0 Å². The van der Waals surface area contributed by atoms with Crippen molar-refractivity contribution in [3.8, 4) is 11.5 Å². The minimum Gasteiger partial charge on any atom is -0.486 e. The maximum atomic E-state index is 13.2.